The molecule has 2 heterocycles. The first-order valence-electron chi connectivity index (χ1n) is 9.17. The van der Waals surface area contributed by atoms with E-state index in [-0.39, 0.29) is 5.91 Å². The van der Waals surface area contributed by atoms with Gasteiger partial charge in [0.2, 0.25) is 0 Å². The van der Waals surface area contributed by atoms with Gasteiger partial charge in [0.1, 0.15) is 0 Å². The van der Waals surface area contributed by atoms with Gasteiger partial charge >= 0.3 is 0 Å². The van der Waals surface area contributed by atoms with Crippen molar-refractivity contribution in [2.75, 3.05) is 50.7 Å². The van der Waals surface area contributed by atoms with E-state index in [4.69, 9.17) is 5.73 Å². The summed E-state index contributed by atoms with van der Waals surface area (Å²) in [6.07, 6.45) is 1.03. The van der Waals surface area contributed by atoms with E-state index in [2.05, 4.69) is 35.8 Å². The number of likely N-dealkylation sites (tertiary alicyclic amines) is 1. The number of hydrogen-bond donors (Lipinski definition) is 1. The molecule has 5 heteroatoms. The average Bonchev–Trinajstić information content (AvgIpc) is 3.10. The molecule has 2 saturated heterocycles. The summed E-state index contributed by atoms with van der Waals surface area (Å²) in [4.78, 5) is 19.4. The normalized spacial score (nSPS) is 22.4. The van der Waals surface area contributed by atoms with Gasteiger partial charge in [-0.15, -0.1) is 0 Å². The Morgan fingerprint density at radius 2 is 1.79 bits per heavy atom. The SMILES string of the molecule is CC(C)N1CCN(c2ccc(C(=O)N3CCC(CN)C3)cc2)CC1. The quantitative estimate of drug-likeness (QED) is 0.912. The maximum Gasteiger partial charge on any atom is 0.253 e. The Balaban J connectivity index is 1.59. The summed E-state index contributed by atoms with van der Waals surface area (Å²) in [5, 5.41) is 0. The Morgan fingerprint density at radius 3 is 2.33 bits per heavy atom. The zero-order valence-electron chi connectivity index (χ0n) is 14.9. The number of rotatable bonds is 4. The van der Waals surface area contributed by atoms with Crippen molar-refractivity contribution in [2.24, 2.45) is 11.7 Å². The number of nitrogens with two attached hydrogens (primary N) is 1. The van der Waals surface area contributed by atoms with Gasteiger partial charge in [-0.25, -0.2) is 0 Å². The lowest BCUT2D eigenvalue weighted by Gasteiger charge is -2.38. The van der Waals surface area contributed by atoms with Gasteiger partial charge in [-0.3, -0.25) is 9.69 Å². The number of carbonyl (C=O) groups is 1. The van der Waals surface area contributed by atoms with Crippen molar-refractivity contribution in [2.45, 2.75) is 26.3 Å². The van der Waals surface area contributed by atoms with Crippen LogP contribution >= 0.6 is 0 Å². The first-order chi connectivity index (χ1) is 11.6. The second kappa shape index (κ2) is 7.53. The molecule has 1 aromatic rings. The van der Waals surface area contributed by atoms with Crippen molar-refractivity contribution >= 4 is 11.6 Å². The van der Waals surface area contributed by atoms with E-state index >= 15 is 0 Å². The van der Waals surface area contributed by atoms with Gasteiger partial charge in [0, 0.05) is 56.6 Å². The lowest BCUT2D eigenvalue weighted by atomic mass is 10.1. The van der Waals surface area contributed by atoms with Gasteiger partial charge in [0.15, 0.2) is 0 Å². The van der Waals surface area contributed by atoms with Gasteiger partial charge in [-0.2, -0.15) is 0 Å². The Labute approximate surface area is 145 Å². The van der Waals surface area contributed by atoms with Crippen LogP contribution in [-0.4, -0.2) is 67.6 Å². The van der Waals surface area contributed by atoms with E-state index in [9.17, 15) is 4.79 Å². The van der Waals surface area contributed by atoms with Crippen LogP contribution in [0.3, 0.4) is 0 Å². The van der Waals surface area contributed by atoms with E-state index in [1.54, 1.807) is 0 Å². The summed E-state index contributed by atoms with van der Waals surface area (Å²) >= 11 is 0. The minimum Gasteiger partial charge on any atom is -0.369 e. The van der Waals surface area contributed by atoms with Gasteiger partial charge in [-0.05, 0) is 57.0 Å². The van der Waals surface area contributed by atoms with Crippen molar-refractivity contribution in [1.29, 1.82) is 0 Å². The number of hydrogen-bond acceptors (Lipinski definition) is 4. The largest absolute Gasteiger partial charge is 0.369 e. The zero-order chi connectivity index (χ0) is 17.1. The summed E-state index contributed by atoms with van der Waals surface area (Å²) in [7, 11) is 0. The Morgan fingerprint density at radius 1 is 1.12 bits per heavy atom. The smallest absolute Gasteiger partial charge is 0.253 e. The highest BCUT2D eigenvalue weighted by atomic mass is 16.2. The molecule has 2 N–H and O–H groups in total. The van der Waals surface area contributed by atoms with E-state index in [1.165, 1.54) is 5.69 Å². The van der Waals surface area contributed by atoms with E-state index in [0.717, 1.165) is 51.3 Å². The first kappa shape index (κ1) is 17.2. The molecule has 0 bridgehead atoms. The molecule has 5 nitrogen and oxygen atoms in total. The molecule has 1 unspecified atom stereocenters. The fourth-order valence-corrected chi connectivity index (χ4v) is 3.70. The predicted molar refractivity (Wildman–Crippen MR) is 98.4 cm³/mol. The second-order valence-corrected chi connectivity index (χ2v) is 7.31. The zero-order valence-corrected chi connectivity index (χ0v) is 14.9. The molecular weight excluding hydrogens is 300 g/mol. The third-order valence-electron chi connectivity index (χ3n) is 5.43. The minimum absolute atomic E-state index is 0.141. The fraction of sp³-hybridized carbons (Fsp3) is 0.632. The third kappa shape index (κ3) is 3.73. The van der Waals surface area contributed by atoms with E-state index < -0.39 is 0 Å². The highest BCUT2D eigenvalue weighted by Crippen LogP contribution is 2.21. The molecule has 0 aromatic heterocycles. The van der Waals surface area contributed by atoms with Gasteiger partial charge in [0.25, 0.3) is 5.91 Å². The molecule has 1 amide bonds. The molecule has 0 radical (unpaired) electrons. The summed E-state index contributed by atoms with van der Waals surface area (Å²) in [5.41, 5.74) is 7.73. The minimum atomic E-state index is 0.141. The number of piperazine rings is 1. The Hall–Kier alpha value is -1.59. The number of nitrogens with zero attached hydrogens (tertiary/aromatic N) is 3. The third-order valence-corrected chi connectivity index (χ3v) is 5.43. The van der Waals surface area contributed by atoms with E-state index in [0.29, 0.717) is 18.5 Å². The first-order valence-corrected chi connectivity index (χ1v) is 9.17. The summed E-state index contributed by atoms with van der Waals surface area (Å²) < 4.78 is 0. The van der Waals surface area contributed by atoms with Crippen LogP contribution in [-0.2, 0) is 0 Å². The summed E-state index contributed by atoms with van der Waals surface area (Å²) in [5.74, 6) is 0.604. The number of carbonyl (C=O) groups excluding carboxylic acids is 1. The molecule has 1 aromatic carbocycles. The molecule has 0 saturated carbocycles. The lowest BCUT2D eigenvalue weighted by Crippen LogP contribution is -2.48. The highest BCUT2D eigenvalue weighted by Gasteiger charge is 2.26. The molecule has 0 aliphatic carbocycles. The van der Waals surface area contributed by atoms with Crippen molar-refractivity contribution in [1.82, 2.24) is 9.80 Å². The Kier molecular flexibility index (Phi) is 5.41. The van der Waals surface area contributed by atoms with E-state index in [1.807, 2.05) is 17.0 Å². The molecule has 2 aliphatic rings. The van der Waals surface area contributed by atoms with Crippen molar-refractivity contribution in [3.63, 3.8) is 0 Å². The predicted octanol–water partition coefficient (Wildman–Crippen LogP) is 1.64. The van der Waals surface area contributed by atoms with Crippen molar-refractivity contribution in [3.8, 4) is 0 Å². The number of benzene rings is 1. The van der Waals surface area contributed by atoms with Crippen LogP contribution < -0.4 is 10.6 Å². The van der Waals surface area contributed by atoms with Gasteiger partial charge < -0.3 is 15.5 Å². The van der Waals surface area contributed by atoms with Crippen LogP contribution in [0.1, 0.15) is 30.6 Å². The van der Waals surface area contributed by atoms with Crippen LogP contribution in [0.5, 0.6) is 0 Å². The number of anilines is 1. The molecule has 132 valence electrons. The molecule has 0 spiro atoms. The van der Waals surface area contributed by atoms with Crippen LogP contribution in [0.4, 0.5) is 5.69 Å². The Bertz CT molecular complexity index is 549. The van der Waals surface area contributed by atoms with Crippen LogP contribution in [0, 0.1) is 5.92 Å². The molecule has 3 rings (SSSR count). The monoisotopic (exact) mass is 330 g/mol. The van der Waals surface area contributed by atoms with Crippen LogP contribution in [0.2, 0.25) is 0 Å². The van der Waals surface area contributed by atoms with Gasteiger partial charge in [-0.1, -0.05) is 0 Å². The molecule has 2 aliphatic heterocycles. The average molecular weight is 330 g/mol. The van der Waals surface area contributed by atoms with Crippen molar-refractivity contribution < 1.29 is 4.79 Å². The second-order valence-electron chi connectivity index (χ2n) is 7.31. The standard InChI is InChI=1S/C19H30N4O/c1-15(2)21-9-11-22(12-10-21)18-5-3-17(4-6-18)19(24)23-8-7-16(13-20)14-23/h3-6,15-16H,7-14,20H2,1-2H3. The maximum atomic E-state index is 12.6. The molecular formula is C19H30N4O. The molecule has 2 fully saturated rings. The van der Waals surface area contributed by atoms with Crippen LogP contribution in [0.15, 0.2) is 24.3 Å². The lowest BCUT2D eigenvalue weighted by molar-refractivity contribution is 0.0787. The highest BCUT2D eigenvalue weighted by molar-refractivity contribution is 5.94. The maximum absolute atomic E-state index is 12.6. The topological polar surface area (TPSA) is 52.8 Å². The summed E-state index contributed by atoms with van der Waals surface area (Å²) in [6, 6.07) is 8.75. The molecule has 24 heavy (non-hydrogen) atoms. The van der Waals surface area contributed by atoms with Crippen molar-refractivity contribution in [3.05, 3.63) is 29.8 Å². The fourth-order valence-electron chi connectivity index (χ4n) is 3.70. The van der Waals surface area contributed by atoms with Crippen LogP contribution in [0.25, 0.3) is 0 Å². The number of amides is 1. The summed E-state index contributed by atoms with van der Waals surface area (Å²) in [6.45, 7) is 11.1. The molecule has 1 atom stereocenters. The van der Waals surface area contributed by atoms with Gasteiger partial charge in [0.05, 0.1) is 0 Å².